The van der Waals surface area contributed by atoms with Crippen LogP contribution in [0.15, 0.2) is 48.5 Å². The molecule has 3 nitrogen and oxygen atoms in total. The summed E-state index contributed by atoms with van der Waals surface area (Å²) < 4.78 is 2.13. The average Bonchev–Trinajstić information content (AvgIpc) is 2.86. The van der Waals surface area contributed by atoms with Crippen molar-refractivity contribution in [2.75, 3.05) is 6.54 Å². The van der Waals surface area contributed by atoms with E-state index in [2.05, 4.69) is 48.9 Å². The van der Waals surface area contributed by atoms with Crippen molar-refractivity contribution in [3.05, 3.63) is 70.4 Å². The number of hydrogen-bond donors (Lipinski definition) is 2. The Bertz CT molecular complexity index is 857. The normalized spacial score (nSPS) is 14.0. The standard InChI is InChI=1S/C21H25ClN2O/c1-14-16(3)24(21-19(14)10-7-11-20(21)22)13-18(25)12-23-15(2)17-8-5-4-6-9-17/h4-11,15,18,23,25H,12-13H2,1-3H3. The van der Waals surface area contributed by atoms with Crippen LogP contribution < -0.4 is 5.32 Å². The van der Waals surface area contributed by atoms with E-state index in [0.29, 0.717) is 13.1 Å². The van der Waals surface area contributed by atoms with Gasteiger partial charge in [0.05, 0.1) is 23.2 Å². The molecule has 3 rings (SSSR count). The third kappa shape index (κ3) is 3.74. The number of para-hydroxylation sites is 1. The summed E-state index contributed by atoms with van der Waals surface area (Å²) in [6.45, 7) is 7.34. The van der Waals surface area contributed by atoms with Crippen molar-refractivity contribution in [2.24, 2.45) is 0 Å². The van der Waals surface area contributed by atoms with Gasteiger partial charge in [-0.15, -0.1) is 0 Å². The van der Waals surface area contributed by atoms with E-state index in [4.69, 9.17) is 11.6 Å². The van der Waals surface area contributed by atoms with E-state index >= 15 is 0 Å². The van der Waals surface area contributed by atoms with Gasteiger partial charge in [0, 0.05) is 23.7 Å². The molecule has 2 unspecified atom stereocenters. The second-order valence-electron chi connectivity index (χ2n) is 6.65. The van der Waals surface area contributed by atoms with Crippen LogP contribution in [-0.2, 0) is 6.54 Å². The maximum absolute atomic E-state index is 10.6. The van der Waals surface area contributed by atoms with Gasteiger partial charge in [-0.3, -0.25) is 0 Å². The highest BCUT2D eigenvalue weighted by molar-refractivity contribution is 6.35. The van der Waals surface area contributed by atoms with Crippen molar-refractivity contribution in [2.45, 2.75) is 39.5 Å². The molecule has 3 aromatic rings. The molecule has 0 fully saturated rings. The molecule has 2 N–H and O–H groups in total. The zero-order valence-corrected chi connectivity index (χ0v) is 15.7. The highest BCUT2D eigenvalue weighted by Gasteiger charge is 2.16. The quantitative estimate of drug-likeness (QED) is 0.676. The van der Waals surface area contributed by atoms with E-state index in [-0.39, 0.29) is 6.04 Å². The SMILES string of the molecule is Cc1c(C)n(CC(O)CNC(C)c2ccccc2)c2c(Cl)cccc12. The van der Waals surface area contributed by atoms with Gasteiger partial charge in [-0.25, -0.2) is 0 Å². The fourth-order valence-electron chi connectivity index (χ4n) is 3.33. The molecule has 1 heterocycles. The lowest BCUT2D eigenvalue weighted by Gasteiger charge is -2.19. The summed E-state index contributed by atoms with van der Waals surface area (Å²) >= 11 is 6.42. The predicted molar refractivity (Wildman–Crippen MR) is 105 cm³/mol. The molecular formula is C21H25ClN2O. The topological polar surface area (TPSA) is 37.2 Å². The summed E-state index contributed by atoms with van der Waals surface area (Å²) in [5.41, 5.74) is 4.60. The Morgan fingerprint density at radius 3 is 2.52 bits per heavy atom. The highest BCUT2D eigenvalue weighted by atomic mass is 35.5. The maximum Gasteiger partial charge on any atom is 0.0843 e. The van der Waals surface area contributed by atoms with Crippen molar-refractivity contribution in [1.29, 1.82) is 0 Å². The molecule has 4 heteroatoms. The van der Waals surface area contributed by atoms with Crippen LogP contribution in [0.4, 0.5) is 0 Å². The first-order chi connectivity index (χ1) is 12.0. The summed E-state index contributed by atoms with van der Waals surface area (Å²) in [6, 6.07) is 16.4. The van der Waals surface area contributed by atoms with Crippen LogP contribution in [0.2, 0.25) is 5.02 Å². The number of aryl methyl sites for hydroxylation is 1. The molecule has 25 heavy (non-hydrogen) atoms. The Balaban J connectivity index is 1.72. The van der Waals surface area contributed by atoms with Gasteiger partial charge < -0.3 is 15.0 Å². The van der Waals surface area contributed by atoms with Gasteiger partial charge in [0.25, 0.3) is 0 Å². The summed E-state index contributed by atoms with van der Waals surface area (Å²) in [4.78, 5) is 0. The molecule has 2 atom stereocenters. The summed E-state index contributed by atoms with van der Waals surface area (Å²) in [7, 11) is 0. The minimum absolute atomic E-state index is 0.198. The molecule has 0 saturated heterocycles. The molecule has 2 aromatic carbocycles. The number of nitrogens with zero attached hydrogens (tertiary/aromatic N) is 1. The molecule has 0 amide bonds. The summed E-state index contributed by atoms with van der Waals surface area (Å²) in [5, 5.41) is 15.9. The van der Waals surface area contributed by atoms with Crippen LogP contribution >= 0.6 is 11.6 Å². The average molecular weight is 357 g/mol. The third-order valence-electron chi connectivity index (χ3n) is 4.96. The van der Waals surface area contributed by atoms with Gasteiger partial charge in [0.1, 0.15) is 0 Å². The maximum atomic E-state index is 10.6. The minimum atomic E-state index is -0.490. The van der Waals surface area contributed by atoms with Crippen LogP contribution in [0.5, 0.6) is 0 Å². The second kappa shape index (κ2) is 7.61. The van der Waals surface area contributed by atoms with E-state index in [9.17, 15) is 5.11 Å². The van der Waals surface area contributed by atoms with Crippen LogP contribution in [0.25, 0.3) is 10.9 Å². The van der Waals surface area contributed by atoms with Crippen molar-refractivity contribution in [1.82, 2.24) is 9.88 Å². The van der Waals surface area contributed by atoms with Crippen LogP contribution in [-0.4, -0.2) is 22.3 Å². The van der Waals surface area contributed by atoms with Gasteiger partial charge in [-0.2, -0.15) is 0 Å². The fourth-order valence-corrected chi connectivity index (χ4v) is 3.61. The van der Waals surface area contributed by atoms with Gasteiger partial charge in [-0.1, -0.05) is 54.1 Å². The van der Waals surface area contributed by atoms with Crippen molar-refractivity contribution >= 4 is 22.5 Å². The Morgan fingerprint density at radius 1 is 1.08 bits per heavy atom. The summed E-state index contributed by atoms with van der Waals surface area (Å²) in [6.07, 6.45) is -0.490. The van der Waals surface area contributed by atoms with E-state index in [1.165, 1.54) is 11.1 Å². The zero-order chi connectivity index (χ0) is 18.0. The van der Waals surface area contributed by atoms with Crippen molar-refractivity contribution < 1.29 is 5.11 Å². The number of nitrogens with one attached hydrogen (secondary N) is 1. The summed E-state index contributed by atoms with van der Waals surface area (Å²) in [5.74, 6) is 0. The number of aliphatic hydroxyl groups excluding tert-OH is 1. The van der Waals surface area contributed by atoms with Gasteiger partial charge in [-0.05, 0) is 38.0 Å². The first-order valence-electron chi connectivity index (χ1n) is 8.69. The van der Waals surface area contributed by atoms with E-state index in [1.54, 1.807) is 0 Å². The molecule has 132 valence electrons. The first kappa shape index (κ1) is 18.0. The Kier molecular flexibility index (Phi) is 5.48. The lowest BCUT2D eigenvalue weighted by Crippen LogP contribution is -2.32. The van der Waals surface area contributed by atoms with Gasteiger partial charge in [0.2, 0.25) is 0 Å². The largest absolute Gasteiger partial charge is 0.390 e. The lowest BCUT2D eigenvalue weighted by atomic mass is 10.1. The first-order valence-corrected chi connectivity index (χ1v) is 9.07. The molecule has 0 aliphatic rings. The minimum Gasteiger partial charge on any atom is -0.390 e. The van der Waals surface area contributed by atoms with Crippen LogP contribution in [0.3, 0.4) is 0 Å². The van der Waals surface area contributed by atoms with Crippen molar-refractivity contribution in [3.63, 3.8) is 0 Å². The lowest BCUT2D eigenvalue weighted by molar-refractivity contribution is 0.149. The Hall–Kier alpha value is -1.81. The molecule has 0 aliphatic heterocycles. The number of benzene rings is 2. The smallest absolute Gasteiger partial charge is 0.0843 e. The molecule has 0 radical (unpaired) electrons. The molecule has 0 saturated carbocycles. The fraction of sp³-hybridized carbons (Fsp3) is 0.333. The zero-order valence-electron chi connectivity index (χ0n) is 15.0. The second-order valence-corrected chi connectivity index (χ2v) is 7.06. The van der Waals surface area contributed by atoms with Gasteiger partial charge >= 0.3 is 0 Å². The highest BCUT2D eigenvalue weighted by Crippen LogP contribution is 2.30. The Labute approximate surface area is 154 Å². The van der Waals surface area contributed by atoms with Crippen LogP contribution in [0.1, 0.15) is 29.8 Å². The van der Waals surface area contributed by atoms with Crippen molar-refractivity contribution in [3.8, 4) is 0 Å². The molecule has 1 aromatic heterocycles. The molecule has 0 bridgehead atoms. The van der Waals surface area contributed by atoms with E-state index < -0.39 is 6.10 Å². The number of hydrogen-bond acceptors (Lipinski definition) is 2. The molecule has 0 spiro atoms. The number of aromatic nitrogens is 1. The molecule has 0 aliphatic carbocycles. The monoisotopic (exact) mass is 356 g/mol. The third-order valence-corrected chi connectivity index (χ3v) is 5.27. The predicted octanol–water partition coefficient (Wildman–Crippen LogP) is 4.62. The number of halogens is 1. The number of fused-ring (bicyclic) bond motifs is 1. The van der Waals surface area contributed by atoms with E-state index in [1.807, 2.05) is 30.3 Å². The van der Waals surface area contributed by atoms with Gasteiger partial charge in [0.15, 0.2) is 0 Å². The number of aliphatic hydroxyl groups is 1. The number of rotatable bonds is 6. The van der Waals surface area contributed by atoms with E-state index in [0.717, 1.165) is 21.6 Å². The molecular weight excluding hydrogens is 332 g/mol. The van der Waals surface area contributed by atoms with Crippen LogP contribution in [0, 0.1) is 13.8 Å². The Morgan fingerprint density at radius 2 is 1.80 bits per heavy atom.